The standard InChI is InChI=1S/C8H9N7O2/c9-8-5(15(16)17)1-2-6(13-8)10-3-7-11-4-12-14-7/h1-2,4H,3H2,(H3,9,10,13)(H,11,12,14). The normalized spacial score (nSPS) is 10.1. The molecular weight excluding hydrogens is 226 g/mol. The fourth-order valence-electron chi connectivity index (χ4n) is 1.21. The number of nitrogens with two attached hydrogens (primary N) is 1. The van der Waals surface area contributed by atoms with Crippen molar-refractivity contribution in [3.05, 3.63) is 34.4 Å². The molecular formula is C8H9N7O2. The molecule has 2 rings (SSSR count). The number of aromatic amines is 1. The van der Waals surface area contributed by atoms with Crippen LogP contribution in [0.5, 0.6) is 0 Å². The van der Waals surface area contributed by atoms with E-state index < -0.39 is 4.92 Å². The van der Waals surface area contributed by atoms with Crippen molar-refractivity contribution in [2.45, 2.75) is 6.54 Å². The second-order valence-corrected chi connectivity index (χ2v) is 3.14. The first-order chi connectivity index (χ1) is 8.16. The smallest absolute Gasteiger partial charge is 0.311 e. The summed E-state index contributed by atoms with van der Waals surface area (Å²) in [6.07, 6.45) is 1.38. The van der Waals surface area contributed by atoms with E-state index >= 15 is 0 Å². The molecule has 88 valence electrons. The van der Waals surface area contributed by atoms with E-state index in [4.69, 9.17) is 5.73 Å². The van der Waals surface area contributed by atoms with Crippen LogP contribution in [0, 0.1) is 10.1 Å². The van der Waals surface area contributed by atoms with Crippen molar-refractivity contribution in [2.75, 3.05) is 11.1 Å². The van der Waals surface area contributed by atoms with Crippen molar-refractivity contribution in [2.24, 2.45) is 0 Å². The minimum Gasteiger partial charge on any atom is -0.378 e. The molecule has 0 aromatic carbocycles. The Balaban J connectivity index is 2.07. The van der Waals surface area contributed by atoms with Gasteiger partial charge in [0.2, 0.25) is 5.82 Å². The molecule has 4 N–H and O–H groups in total. The zero-order valence-corrected chi connectivity index (χ0v) is 8.62. The molecule has 0 saturated carbocycles. The maximum atomic E-state index is 10.5. The Bertz CT molecular complexity index is 525. The number of nitrogens with one attached hydrogen (secondary N) is 2. The maximum Gasteiger partial charge on any atom is 0.311 e. The van der Waals surface area contributed by atoms with Gasteiger partial charge >= 0.3 is 5.69 Å². The largest absolute Gasteiger partial charge is 0.378 e. The summed E-state index contributed by atoms with van der Waals surface area (Å²) >= 11 is 0. The second kappa shape index (κ2) is 4.43. The fraction of sp³-hybridized carbons (Fsp3) is 0.125. The van der Waals surface area contributed by atoms with Crippen LogP contribution in [0.25, 0.3) is 0 Å². The van der Waals surface area contributed by atoms with E-state index in [-0.39, 0.29) is 11.5 Å². The Morgan fingerprint density at radius 2 is 2.35 bits per heavy atom. The summed E-state index contributed by atoms with van der Waals surface area (Å²) in [4.78, 5) is 17.7. The van der Waals surface area contributed by atoms with E-state index in [0.29, 0.717) is 18.2 Å². The Labute approximate surface area is 95.2 Å². The third kappa shape index (κ3) is 2.45. The third-order valence-corrected chi connectivity index (χ3v) is 2.00. The van der Waals surface area contributed by atoms with Crippen LogP contribution in [-0.4, -0.2) is 25.1 Å². The quantitative estimate of drug-likeness (QED) is 0.512. The number of rotatable bonds is 4. The van der Waals surface area contributed by atoms with Gasteiger partial charge < -0.3 is 11.1 Å². The zero-order chi connectivity index (χ0) is 12.3. The number of aromatic nitrogens is 4. The lowest BCUT2D eigenvalue weighted by Gasteiger charge is -2.03. The van der Waals surface area contributed by atoms with Gasteiger partial charge in [-0.3, -0.25) is 15.2 Å². The van der Waals surface area contributed by atoms with E-state index in [2.05, 4.69) is 25.5 Å². The first kappa shape index (κ1) is 10.8. The van der Waals surface area contributed by atoms with Crippen LogP contribution >= 0.6 is 0 Å². The predicted octanol–water partition coefficient (Wildman–Crippen LogP) is 0.302. The van der Waals surface area contributed by atoms with Gasteiger partial charge in [-0.25, -0.2) is 9.97 Å². The molecule has 0 fully saturated rings. The molecule has 0 atom stereocenters. The molecule has 0 spiro atoms. The highest BCUT2D eigenvalue weighted by atomic mass is 16.6. The number of pyridine rings is 1. The summed E-state index contributed by atoms with van der Waals surface area (Å²) in [5.74, 6) is 0.936. The second-order valence-electron chi connectivity index (χ2n) is 3.14. The van der Waals surface area contributed by atoms with Gasteiger partial charge in [0.05, 0.1) is 11.5 Å². The van der Waals surface area contributed by atoms with Gasteiger partial charge in [0.25, 0.3) is 0 Å². The summed E-state index contributed by atoms with van der Waals surface area (Å²) in [5, 5.41) is 19.8. The van der Waals surface area contributed by atoms with E-state index in [1.807, 2.05) is 0 Å². The van der Waals surface area contributed by atoms with Crippen molar-refractivity contribution in [1.82, 2.24) is 20.2 Å². The van der Waals surface area contributed by atoms with Gasteiger partial charge in [0, 0.05) is 6.07 Å². The Hall–Kier alpha value is -2.71. The van der Waals surface area contributed by atoms with Gasteiger partial charge in [-0.05, 0) is 6.07 Å². The van der Waals surface area contributed by atoms with Crippen molar-refractivity contribution < 1.29 is 4.92 Å². The van der Waals surface area contributed by atoms with Gasteiger partial charge in [-0.1, -0.05) is 0 Å². The molecule has 0 unspecified atom stereocenters. The maximum absolute atomic E-state index is 10.5. The van der Waals surface area contributed by atoms with Crippen molar-refractivity contribution >= 4 is 17.3 Å². The first-order valence-electron chi connectivity index (χ1n) is 4.66. The van der Waals surface area contributed by atoms with E-state index in [1.54, 1.807) is 0 Å². The van der Waals surface area contributed by atoms with Crippen LogP contribution in [0.2, 0.25) is 0 Å². The molecule has 0 bridgehead atoms. The average Bonchev–Trinajstić information content (AvgIpc) is 2.78. The number of anilines is 2. The van der Waals surface area contributed by atoms with Crippen LogP contribution < -0.4 is 11.1 Å². The number of hydrogen-bond acceptors (Lipinski definition) is 7. The number of nitro groups is 1. The lowest BCUT2D eigenvalue weighted by molar-refractivity contribution is -0.384. The van der Waals surface area contributed by atoms with Gasteiger partial charge in [-0.15, -0.1) is 0 Å². The highest BCUT2D eigenvalue weighted by molar-refractivity contribution is 5.57. The molecule has 0 aliphatic rings. The highest BCUT2D eigenvalue weighted by Gasteiger charge is 2.12. The summed E-state index contributed by atoms with van der Waals surface area (Å²) in [7, 11) is 0. The summed E-state index contributed by atoms with van der Waals surface area (Å²) in [6.45, 7) is 0.379. The average molecular weight is 235 g/mol. The lowest BCUT2D eigenvalue weighted by atomic mass is 10.4. The first-order valence-corrected chi connectivity index (χ1v) is 4.66. The van der Waals surface area contributed by atoms with Gasteiger partial charge in [0.15, 0.2) is 0 Å². The van der Waals surface area contributed by atoms with Crippen LogP contribution in [0.15, 0.2) is 18.5 Å². The number of H-pyrrole nitrogens is 1. The number of hydrogen-bond donors (Lipinski definition) is 3. The molecule has 2 aromatic heterocycles. The van der Waals surface area contributed by atoms with Crippen LogP contribution in [0.1, 0.15) is 5.82 Å². The summed E-state index contributed by atoms with van der Waals surface area (Å²) < 4.78 is 0. The van der Waals surface area contributed by atoms with Crippen molar-refractivity contribution in [1.29, 1.82) is 0 Å². The zero-order valence-electron chi connectivity index (χ0n) is 8.62. The Kier molecular flexibility index (Phi) is 2.81. The molecule has 9 nitrogen and oxygen atoms in total. The predicted molar refractivity (Wildman–Crippen MR) is 59.0 cm³/mol. The van der Waals surface area contributed by atoms with Crippen LogP contribution in [0.3, 0.4) is 0 Å². The molecule has 0 aliphatic heterocycles. The van der Waals surface area contributed by atoms with Crippen LogP contribution in [-0.2, 0) is 6.54 Å². The summed E-state index contributed by atoms with van der Waals surface area (Å²) in [6, 6.07) is 2.77. The summed E-state index contributed by atoms with van der Waals surface area (Å²) in [5.41, 5.74) is 5.23. The minimum absolute atomic E-state index is 0.127. The molecule has 0 saturated heterocycles. The Morgan fingerprint density at radius 3 is 2.94 bits per heavy atom. The molecule has 2 heterocycles. The van der Waals surface area contributed by atoms with Crippen molar-refractivity contribution in [3.63, 3.8) is 0 Å². The SMILES string of the molecule is Nc1nc(NCc2ncn[nH]2)ccc1[N+](=O)[O-]. The molecule has 9 heteroatoms. The molecule has 2 aromatic rings. The molecule has 17 heavy (non-hydrogen) atoms. The van der Waals surface area contributed by atoms with Gasteiger partial charge in [-0.2, -0.15) is 5.10 Å². The highest BCUT2D eigenvalue weighted by Crippen LogP contribution is 2.20. The monoisotopic (exact) mass is 235 g/mol. The van der Waals surface area contributed by atoms with E-state index in [9.17, 15) is 10.1 Å². The fourth-order valence-corrected chi connectivity index (χ4v) is 1.21. The topological polar surface area (TPSA) is 136 Å². The van der Waals surface area contributed by atoms with Crippen LogP contribution in [0.4, 0.5) is 17.3 Å². The number of nitrogens with zero attached hydrogens (tertiary/aromatic N) is 4. The molecule has 0 aliphatic carbocycles. The molecule has 0 amide bonds. The lowest BCUT2D eigenvalue weighted by Crippen LogP contribution is -2.05. The molecule has 0 radical (unpaired) electrons. The minimum atomic E-state index is -0.581. The Morgan fingerprint density at radius 1 is 1.53 bits per heavy atom. The van der Waals surface area contributed by atoms with Gasteiger partial charge in [0.1, 0.15) is 18.0 Å². The number of nitrogen functional groups attached to an aromatic ring is 1. The van der Waals surface area contributed by atoms with E-state index in [0.717, 1.165) is 0 Å². The van der Waals surface area contributed by atoms with Crippen molar-refractivity contribution in [3.8, 4) is 0 Å². The van der Waals surface area contributed by atoms with E-state index in [1.165, 1.54) is 18.5 Å². The third-order valence-electron chi connectivity index (χ3n) is 2.00.